The fourth-order valence-electron chi connectivity index (χ4n) is 3.93. The van der Waals surface area contributed by atoms with Gasteiger partial charge in [-0.1, -0.05) is 50.2 Å². The Bertz CT molecular complexity index is 1120. The van der Waals surface area contributed by atoms with E-state index >= 15 is 0 Å². The van der Waals surface area contributed by atoms with E-state index in [-0.39, 0.29) is 23.1 Å². The van der Waals surface area contributed by atoms with Gasteiger partial charge in [0.1, 0.15) is 5.75 Å². The van der Waals surface area contributed by atoms with E-state index in [1.807, 2.05) is 72.8 Å². The van der Waals surface area contributed by atoms with E-state index < -0.39 is 0 Å². The van der Waals surface area contributed by atoms with Gasteiger partial charge < -0.3 is 15.4 Å². The summed E-state index contributed by atoms with van der Waals surface area (Å²) in [5.74, 6) is 0.946. The largest absolute Gasteiger partial charge is 0.497 e. The van der Waals surface area contributed by atoms with Crippen LogP contribution in [-0.2, 0) is 22.4 Å². The number of hydrogen-bond donors (Lipinski definition) is 2. The van der Waals surface area contributed by atoms with Crippen molar-refractivity contribution in [2.75, 3.05) is 17.7 Å². The quantitative estimate of drug-likeness (QED) is 0.487. The first-order valence-electron chi connectivity index (χ1n) is 11.2. The minimum absolute atomic E-state index is 0.0554. The zero-order valence-electron chi connectivity index (χ0n) is 19.4. The van der Waals surface area contributed by atoms with Gasteiger partial charge in [-0.25, -0.2) is 0 Å². The molecular weight excluding hydrogens is 412 g/mol. The summed E-state index contributed by atoms with van der Waals surface area (Å²) < 4.78 is 5.14. The Hall–Kier alpha value is -3.60. The van der Waals surface area contributed by atoms with Crippen LogP contribution in [0.4, 0.5) is 11.4 Å². The molecule has 1 fully saturated rings. The van der Waals surface area contributed by atoms with E-state index in [1.165, 1.54) is 0 Å². The number of hydrogen-bond acceptors (Lipinski definition) is 3. The van der Waals surface area contributed by atoms with Crippen molar-refractivity contribution < 1.29 is 14.3 Å². The number of anilines is 2. The lowest BCUT2D eigenvalue weighted by Crippen LogP contribution is -2.16. The van der Waals surface area contributed by atoms with Crippen LogP contribution in [0.15, 0.2) is 72.8 Å². The molecule has 0 aromatic heterocycles. The summed E-state index contributed by atoms with van der Waals surface area (Å²) in [5, 5.41) is 5.96. The van der Waals surface area contributed by atoms with Crippen LogP contribution in [0.2, 0.25) is 0 Å². The van der Waals surface area contributed by atoms with Crippen molar-refractivity contribution in [2.24, 2.45) is 11.3 Å². The molecule has 4 rings (SSSR count). The van der Waals surface area contributed by atoms with Gasteiger partial charge in [-0.3, -0.25) is 9.59 Å². The average Bonchev–Trinajstić information content (AvgIpc) is 3.45. The molecule has 0 saturated heterocycles. The number of amides is 2. The normalized spacial score (nSPS) is 16.0. The zero-order chi connectivity index (χ0) is 23.4. The number of nitrogens with one attached hydrogen (secondary N) is 2. The predicted molar refractivity (Wildman–Crippen MR) is 132 cm³/mol. The van der Waals surface area contributed by atoms with Gasteiger partial charge in [-0.2, -0.15) is 0 Å². The topological polar surface area (TPSA) is 67.4 Å². The molecule has 0 spiro atoms. The third-order valence-electron chi connectivity index (χ3n) is 6.22. The molecule has 3 aromatic rings. The molecule has 1 atom stereocenters. The minimum atomic E-state index is -0.0554. The van der Waals surface area contributed by atoms with Crippen LogP contribution in [-0.4, -0.2) is 18.9 Å². The van der Waals surface area contributed by atoms with Gasteiger partial charge in [0.2, 0.25) is 11.8 Å². The highest BCUT2D eigenvalue weighted by molar-refractivity contribution is 5.95. The smallest absolute Gasteiger partial charge is 0.228 e. The number of methoxy groups -OCH3 is 1. The van der Waals surface area contributed by atoms with E-state index in [0.29, 0.717) is 6.42 Å². The molecule has 1 aliphatic carbocycles. The van der Waals surface area contributed by atoms with Crippen molar-refractivity contribution in [3.63, 3.8) is 0 Å². The first-order valence-corrected chi connectivity index (χ1v) is 11.2. The molecule has 3 aromatic carbocycles. The molecule has 2 N–H and O–H groups in total. The van der Waals surface area contributed by atoms with Gasteiger partial charge in [0.05, 0.1) is 13.5 Å². The van der Waals surface area contributed by atoms with Gasteiger partial charge in [0.15, 0.2) is 0 Å². The van der Waals surface area contributed by atoms with Crippen molar-refractivity contribution in [2.45, 2.75) is 33.1 Å². The van der Waals surface area contributed by atoms with Crippen LogP contribution in [0, 0.1) is 11.3 Å². The van der Waals surface area contributed by atoms with E-state index in [9.17, 15) is 9.59 Å². The molecule has 5 nitrogen and oxygen atoms in total. The van der Waals surface area contributed by atoms with E-state index in [1.54, 1.807) is 7.11 Å². The van der Waals surface area contributed by atoms with Crippen molar-refractivity contribution in [1.29, 1.82) is 0 Å². The predicted octanol–water partition coefficient (Wildman–Crippen LogP) is 5.45. The Morgan fingerprint density at radius 2 is 1.30 bits per heavy atom. The maximum atomic E-state index is 12.3. The van der Waals surface area contributed by atoms with Crippen LogP contribution in [0.1, 0.15) is 37.0 Å². The van der Waals surface area contributed by atoms with Crippen LogP contribution < -0.4 is 15.4 Å². The Balaban J connectivity index is 1.27. The summed E-state index contributed by atoms with van der Waals surface area (Å²) in [7, 11) is 1.62. The van der Waals surface area contributed by atoms with Crippen LogP contribution in [0.3, 0.4) is 0 Å². The molecule has 0 heterocycles. The summed E-state index contributed by atoms with van der Waals surface area (Å²) in [6.07, 6.45) is 2.05. The molecule has 5 heteroatoms. The molecule has 0 aliphatic heterocycles. The number of ether oxygens (including phenoxy) is 1. The lowest BCUT2D eigenvalue weighted by atomic mass is 10.0. The summed E-state index contributed by atoms with van der Waals surface area (Å²) in [4.78, 5) is 24.6. The Kier molecular flexibility index (Phi) is 6.50. The fraction of sp³-hybridized carbons (Fsp3) is 0.286. The van der Waals surface area contributed by atoms with Gasteiger partial charge in [-0.05, 0) is 71.3 Å². The number of carbonyl (C=O) groups is 2. The van der Waals surface area contributed by atoms with Gasteiger partial charge in [-0.15, -0.1) is 0 Å². The SMILES string of the molecule is COc1ccc(CC(=O)Nc2ccc(Cc3ccc(NC(=O)C4CC4(C)C)cc3)cc2)cc1. The molecule has 170 valence electrons. The van der Waals surface area contributed by atoms with E-state index in [4.69, 9.17) is 4.74 Å². The lowest BCUT2D eigenvalue weighted by molar-refractivity contribution is -0.118. The monoisotopic (exact) mass is 442 g/mol. The Morgan fingerprint density at radius 3 is 1.79 bits per heavy atom. The molecular formula is C28H30N2O3. The highest BCUT2D eigenvalue weighted by atomic mass is 16.5. The summed E-state index contributed by atoms with van der Waals surface area (Å²) >= 11 is 0. The third-order valence-corrected chi connectivity index (χ3v) is 6.22. The standard InChI is InChI=1S/C28H30N2O3/c1-28(2)18-25(28)27(32)30-23-12-6-20(7-13-23)16-19-4-10-22(11-5-19)29-26(31)17-21-8-14-24(33-3)15-9-21/h4-15,25H,16-18H2,1-3H3,(H,29,31)(H,30,32). The van der Waals surface area contributed by atoms with Crippen molar-refractivity contribution in [1.82, 2.24) is 0 Å². The van der Waals surface area contributed by atoms with Crippen LogP contribution in [0.5, 0.6) is 5.75 Å². The molecule has 1 unspecified atom stereocenters. The van der Waals surface area contributed by atoms with Crippen LogP contribution >= 0.6 is 0 Å². The second-order valence-corrected chi connectivity index (χ2v) is 9.38. The fourth-order valence-corrected chi connectivity index (χ4v) is 3.93. The molecule has 1 aliphatic rings. The first-order chi connectivity index (χ1) is 15.8. The van der Waals surface area contributed by atoms with Gasteiger partial charge >= 0.3 is 0 Å². The second kappa shape index (κ2) is 9.49. The van der Waals surface area contributed by atoms with Crippen molar-refractivity contribution in [3.05, 3.63) is 89.5 Å². The summed E-state index contributed by atoms with van der Waals surface area (Å²) in [5.41, 5.74) is 4.99. The molecule has 1 saturated carbocycles. The molecule has 0 bridgehead atoms. The molecule has 2 amide bonds. The molecule has 33 heavy (non-hydrogen) atoms. The maximum Gasteiger partial charge on any atom is 0.228 e. The number of carbonyl (C=O) groups excluding carboxylic acids is 2. The maximum absolute atomic E-state index is 12.3. The Morgan fingerprint density at radius 1 is 0.818 bits per heavy atom. The molecule has 0 radical (unpaired) electrons. The average molecular weight is 443 g/mol. The number of rotatable bonds is 8. The van der Waals surface area contributed by atoms with Gasteiger partial charge in [0.25, 0.3) is 0 Å². The lowest BCUT2D eigenvalue weighted by Gasteiger charge is -2.09. The van der Waals surface area contributed by atoms with Gasteiger partial charge in [0, 0.05) is 17.3 Å². The number of benzene rings is 3. The van der Waals surface area contributed by atoms with E-state index in [0.717, 1.165) is 46.7 Å². The minimum Gasteiger partial charge on any atom is -0.497 e. The Labute approximate surface area is 195 Å². The highest BCUT2D eigenvalue weighted by Crippen LogP contribution is 2.51. The van der Waals surface area contributed by atoms with Crippen molar-refractivity contribution in [3.8, 4) is 5.75 Å². The van der Waals surface area contributed by atoms with E-state index in [2.05, 4.69) is 24.5 Å². The zero-order valence-corrected chi connectivity index (χ0v) is 19.4. The van der Waals surface area contributed by atoms with Crippen LogP contribution in [0.25, 0.3) is 0 Å². The first kappa shape index (κ1) is 22.6. The summed E-state index contributed by atoms with van der Waals surface area (Å²) in [6, 6.07) is 23.4. The third kappa shape index (κ3) is 6.01. The second-order valence-electron chi connectivity index (χ2n) is 9.38. The summed E-state index contributed by atoms with van der Waals surface area (Å²) in [6.45, 7) is 4.25. The highest BCUT2D eigenvalue weighted by Gasteiger charge is 2.50. The van der Waals surface area contributed by atoms with Crippen molar-refractivity contribution >= 4 is 23.2 Å².